The predicted molar refractivity (Wildman–Crippen MR) is 97.7 cm³/mol. The molecule has 130 valence electrons. The summed E-state index contributed by atoms with van der Waals surface area (Å²) >= 11 is 6.16. The molecule has 5 nitrogen and oxygen atoms in total. The third kappa shape index (κ3) is 3.78. The molecule has 0 radical (unpaired) electrons. The van der Waals surface area contributed by atoms with Crippen molar-refractivity contribution in [3.05, 3.63) is 65.3 Å². The number of carbonyl (C=O) groups excluding carboxylic acids is 1. The lowest BCUT2D eigenvalue weighted by Gasteiger charge is -2.21. The molecule has 0 saturated heterocycles. The molecule has 0 saturated carbocycles. The van der Waals surface area contributed by atoms with Crippen LogP contribution in [0.25, 0.3) is 10.9 Å². The van der Waals surface area contributed by atoms with E-state index in [9.17, 15) is 15.0 Å². The van der Waals surface area contributed by atoms with Gasteiger partial charge in [-0.05, 0) is 35.9 Å². The number of hydrogen-bond donors (Lipinski definition) is 2. The second-order valence-corrected chi connectivity index (χ2v) is 6.41. The van der Waals surface area contributed by atoms with Gasteiger partial charge < -0.3 is 19.7 Å². The number of carbonyl (C=O) groups is 1. The third-order valence-corrected chi connectivity index (χ3v) is 4.55. The van der Waals surface area contributed by atoms with Crippen molar-refractivity contribution in [2.45, 2.75) is 12.6 Å². The minimum atomic E-state index is -0.814. The number of aliphatic hydroxyl groups excluding tert-OH is 1. The van der Waals surface area contributed by atoms with Gasteiger partial charge >= 0.3 is 0 Å². The van der Waals surface area contributed by atoms with E-state index in [2.05, 4.69) is 0 Å². The molecule has 3 aromatic rings. The van der Waals surface area contributed by atoms with Gasteiger partial charge in [-0.25, -0.2) is 0 Å². The number of benzene rings is 2. The Morgan fingerprint density at radius 1 is 1.20 bits per heavy atom. The first kappa shape index (κ1) is 17.3. The van der Waals surface area contributed by atoms with E-state index in [1.807, 2.05) is 35.0 Å². The summed E-state index contributed by atoms with van der Waals surface area (Å²) in [5, 5.41) is 21.1. The van der Waals surface area contributed by atoms with Crippen LogP contribution < -0.4 is 0 Å². The van der Waals surface area contributed by atoms with Crippen LogP contribution in [0.4, 0.5) is 0 Å². The van der Waals surface area contributed by atoms with Crippen molar-refractivity contribution in [2.75, 3.05) is 13.6 Å². The Labute approximate surface area is 150 Å². The summed E-state index contributed by atoms with van der Waals surface area (Å²) in [5.74, 6) is 0.0221. The van der Waals surface area contributed by atoms with E-state index >= 15 is 0 Å². The zero-order valence-corrected chi connectivity index (χ0v) is 14.5. The molecule has 1 atom stereocenters. The SMILES string of the molecule is CN(CC(O)c1ccc(O)cc1)C(=O)Cn1ccc2c(Cl)cccc21. The van der Waals surface area contributed by atoms with Crippen LogP contribution in [-0.2, 0) is 11.3 Å². The molecule has 25 heavy (non-hydrogen) atoms. The quantitative estimate of drug-likeness (QED) is 0.736. The molecule has 1 aromatic heterocycles. The zero-order chi connectivity index (χ0) is 18.0. The number of halogens is 1. The van der Waals surface area contributed by atoms with Gasteiger partial charge in [0.2, 0.25) is 5.91 Å². The maximum atomic E-state index is 12.5. The van der Waals surface area contributed by atoms with Crippen LogP contribution in [-0.4, -0.2) is 39.2 Å². The Kier molecular flexibility index (Phi) is 4.97. The summed E-state index contributed by atoms with van der Waals surface area (Å²) < 4.78 is 1.84. The van der Waals surface area contributed by atoms with Crippen molar-refractivity contribution in [1.29, 1.82) is 0 Å². The summed E-state index contributed by atoms with van der Waals surface area (Å²) in [6, 6.07) is 13.8. The Morgan fingerprint density at radius 3 is 2.64 bits per heavy atom. The molecular weight excluding hydrogens is 340 g/mol. The Hall–Kier alpha value is -2.50. The molecule has 0 aliphatic heterocycles. The molecule has 1 unspecified atom stereocenters. The minimum Gasteiger partial charge on any atom is -0.508 e. The van der Waals surface area contributed by atoms with Gasteiger partial charge in [-0.15, -0.1) is 0 Å². The van der Waals surface area contributed by atoms with Crippen LogP contribution in [0.15, 0.2) is 54.7 Å². The van der Waals surface area contributed by atoms with Gasteiger partial charge in [0.05, 0.1) is 12.6 Å². The van der Waals surface area contributed by atoms with Gasteiger partial charge in [-0.3, -0.25) is 4.79 Å². The van der Waals surface area contributed by atoms with E-state index in [-0.39, 0.29) is 24.7 Å². The van der Waals surface area contributed by atoms with Crippen LogP contribution in [0, 0.1) is 0 Å². The summed E-state index contributed by atoms with van der Waals surface area (Å²) in [6.45, 7) is 0.339. The van der Waals surface area contributed by atoms with Crippen LogP contribution >= 0.6 is 11.6 Å². The van der Waals surface area contributed by atoms with Crippen LogP contribution in [0.5, 0.6) is 5.75 Å². The molecule has 0 bridgehead atoms. The largest absolute Gasteiger partial charge is 0.508 e. The van der Waals surface area contributed by atoms with Crippen molar-refractivity contribution in [3.63, 3.8) is 0 Å². The van der Waals surface area contributed by atoms with Crippen LogP contribution in [0.2, 0.25) is 5.02 Å². The average Bonchev–Trinajstić information content (AvgIpc) is 2.99. The summed E-state index contributed by atoms with van der Waals surface area (Å²) in [7, 11) is 1.66. The van der Waals surface area contributed by atoms with E-state index in [1.165, 1.54) is 17.0 Å². The van der Waals surface area contributed by atoms with Crippen molar-refractivity contribution in [3.8, 4) is 5.75 Å². The molecule has 6 heteroatoms. The molecule has 2 N–H and O–H groups in total. The summed E-state index contributed by atoms with van der Waals surface area (Å²) in [6.07, 6.45) is 1.02. The Bertz CT molecular complexity index is 889. The fraction of sp³-hybridized carbons (Fsp3) is 0.211. The van der Waals surface area contributed by atoms with E-state index in [1.54, 1.807) is 19.2 Å². The number of aromatic nitrogens is 1. The second-order valence-electron chi connectivity index (χ2n) is 6.00. The Balaban J connectivity index is 1.67. The van der Waals surface area contributed by atoms with Gasteiger partial charge in [0.25, 0.3) is 0 Å². The molecule has 0 aliphatic rings. The standard InChI is InChI=1S/C19H19ClN2O3/c1-21(11-18(24)13-5-7-14(23)8-6-13)19(25)12-22-10-9-15-16(20)3-2-4-17(15)22/h2-10,18,23-24H,11-12H2,1H3. The van der Waals surface area contributed by atoms with Crippen molar-refractivity contribution < 1.29 is 15.0 Å². The van der Waals surface area contributed by atoms with Gasteiger partial charge in [0.15, 0.2) is 0 Å². The summed E-state index contributed by atoms with van der Waals surface area (Å²) in [4.78, 5) is 14.0. The fourth-order valence-corrected chi connectivity index (χ4v) is 2.99. The van der Waals surface area contributed by atoms with Gasteiger partial charge in [0, 0.05) is 29.2 Å². The lowest BCUT2D eigenvalue weighted by molar-refractivity contribution is -0.131. The molecule has 0 aliphatic carbocycles. The highest BCUT2D eigenvalue weighted by atomic mass is 35.5. The van der Waals surface area contributed by atoms with Crippen LogP contribution in [0.1, 0.15) is 11.7 Å². The number of phenolic OH excluding ortho intramolecular Hbond substituents is 1. The number of hydrogen-bond acceptors (Lipinski definition) is 3. The van der Waals surface area contributed by atoms with Gasteiger partial charge in [-0.2, -0.15) is 0 Å². The second kappa shape index (κ2) is 7.17. The first-order valence-electron chi connectivity index (χ1n) is 7.90. The number of likely N-dealkylation sites (N-methyl/N-ethyl adjacent to an activating group) is 1. The molecule has 1 amide bonds. The normalized spacial score (nSPS) is 12.3. The predicted octanol–water partition coefficient (Wildman–Crippen LogP) is 3.19. The van der Waals surface area contributed by atoms with Crippen LogP contribution in [0.3, 0.4) is 0 Å². The van der Waals surface area contributed by atoms with E-state index in [0.29, 0.717) is 10.6 Å². The monoisotopic (exact) mass is 358 g/mol. The maximum absolute atomic E-state index is 12.5. The smallest absolute Gasteiger partial charge is 0.242 e. The number of nitrogens with zero attached hydrogens (tertiary/aromatic N) is 2. The zero-order valence-electron chi connectivity index (χ0n) is 13.8. The highest BCUT2D eigenvalue weighted by Gasteiger charge is 2.16. The first-order valence-corrected chi connectivity index (χ1v) is 8.28. The number of aromatic hydroxyl groups is 1. The average molecular weight is 359 g/mol. The first-order chi connectivity index (χ1) is 12.0. The molecule has 0 fully saturated rings. The number of rotatable bonds is 5. The van der Waals surface area contributed by atoms with Crippen molar-refractivity contribution in [1.82, 2.24) is 9.47 Å². The molecule has 2 aromatic carbocycles. The maximum Gasteiger partial charge on any atom is 0.242 e. The molecule has 3 rings (SSSR count). The van der Waals surface area contributed by atoms with Crippen molar-refractivity contribution in [2.24, 2.45) is 0 Å². The lowest BCUT2D eigenvalue weighted by Crippen LogP contribution is -2.33. The highest BCUT2D eigenvalue weighted by Crippen LogP contribution is 2.24. The fourth-order valence-electron chi connectivity index (χ4n) is 2.75. The van der Waals surface area contributed by atoms with Gasteiger partial charge in [-0.1, -0.05) is 29.8 Å². The van der Waals surface area contributed by atoms with Gasteiger partial charge in [0.1, 0.15) is 12.3 Å². The Morgan fingerprint density at radius 2 is 1.92 bits per heavy atom. The topological polar surface area (TPSA) is 65.7 Å². The van der Waals surface area contributed by atoms with E-state index in [0.717, 1.165) is 10.9 Å². The molecule has 0 spiro atoms. The molecule has 1 heterocycles. The highest BCUT2D eigenvalue weighted by molar-refractivity contribution is 6.35. The number of aliphatic hydroxyl groups is 1. The van der Waals surface area contributed by atoms with Crippen molar-refractivity contribution >= 4 is 28.4 Å². The summed E-state index contributed by atoms with van der Waals surface area (Å²) in [5.41, 5.74) is 1.55. The van der Waals surface area contributed by atoms with E-state index in [4.69, 9.17) is 11.6 Å². The van der Waals surface area contributed by atoms with E-state index < -0.39 is 6.10 Å². The number of amides is 1. The molecular formula is C19H19ClN2O3. The number of fused-ring (bicyclic) bond motifs is 1. The lowest BCUT2D eigenvalue weighted by atomic mass is 10.1. The third-order valence-electron chi connectivity index (χ3n) is 4.22. The number of phenols is 1. The minimum absolute atomic E-state index is 0.115.